The fraction of sp³-hybridized carbons (Fsp3) is 0.222. The third-order valence-electron chi connectivity index (χ3n) is 2.27. The molecule has 1 aromatic rings. The van der Waals surface area contributed by atoms with Crippen LogP contribution >= 0.6 is 11.6 Å². The molecule has 0 saturated carbocycles. The Kier molecular flexibility index (Phi) is 2.36. The molecule has 2 rings (SSSR count). The molecule has 1 unspecified atom stereocenters. The number of alkyl halides is 3. The molecule has 1 aliphatic rings. The maximum Gasteiger partial charge on any atom is 0.416 e. The van der Waals surface area contributed by atoms with Gasteiger partial charge in [0.15, 0.2) is 6.10 Å². The maximum atomic E-state index is 12.6. The first-order valence-corrected chi connectivity index (χ1v) is 4.58. The van der Waals surface area contributed by atoms with Crippen LogP contribution in [0.15, 0.2) is 12.1 Å². The third-order valence-corrected chi connectivity index (χ3v) is 2.59. The van der Waals surface area contributed by atoms with E-state index in [9.17, 15) is 23.1 Å². The summed E-state index contributed by atoms with van der Waals surface area (Å²) in [5.41, 5.74) is -1.74. The molecule has 86 valence electrons. The van der Waals surface area contributed by atoms with Crippen molar-refractivity contribution in [3.8, 4) is 0 Å². The van der Waals surface area contributed by atoms with E-state index in [1.807, 2.05) is 0 Å². The lowest BCUT2D eigenvalue weighted by molar-refractivity contribution is -0.139. The van der Waals surface area contributed by atoms with Crippen LogP contribution in [0.4, 0.5) is 18.9 Å². The van der Waals surface area contributed by atoms with Crippen LogP contribution in [0.25, 0.3) is 0 Å². The van der Waals surface area contributed by atoms with E-state index in [-0.39, 0.29) is 10.7 Å². The number of aliphatic hydroxyl groups is 1. The van der Waals surface area contributed by atoms with Gasteiger partial charge >= 0.3 is 6.18 Å². The number of benzene rings is 1. The molecule has 0 fully saturated rings. The molecule has 0 saturated heterocycles. The van der Waals surface area contributed by atoms with Crippen molar-refractivity contribution in [1.82, 2.24) is 0 Å². The van der Waals surface area contributed by atoms with Crippen molar-refractivity contribution < 1.29 is 23.1 Å². The van der Waals surface area contributed by atoms with Crippen molar-refractivity contribution in [3.05, 3.63) is 28.3 Å². The van der Waals surface area contributed by atoms with Crippen LogP contribution in [0.3, 0.4) is 0 Å². The molecule has 1 atom stereocenters. The number of fused-ring (bicyclic) bond motifs is 1. The van der Waals surface area contributed by atoms with Gasteiger partial charge in [-0.15, -0.1) is 0 Å². The molecule has 0 spiro atoms. The van der Waals surface area contributed by atoms with Crippen molar-refractivity contribution in [2.24, 2.45) is 0 Å². The molecule has 7 heteroatoms. The molecule has 0 aromatic heterocycles. The van der Waals surface area contributed by atoms with E-state index in [4.69, 9.17) is 11.6 Å². The first-order chi connectivity index (χ1) is 7.32. The van der Waals surface area contributed by atoms with Gasteiger partial charge in [-0.25, -0.2) is 0 Å². The number of carbonyl (C=O) groups is 1. The Balaban J connectivity index is 2.69. The molecule has 16 heavy (non-hydrogen) atoms. The number of halogens is 4. The Bertz CT molecular complexity index is 473. The topological polar surface area (TPSA) is 49.3 Å². The minimum atomic E-state index is -4.64. The number of aliphatic hydroxyl groups excluding tert-OH is 1. The first kappa shape index (κ1) is 11.2. The van der Waals surface area contributed by atoms with E-state index in [2.05, 4.69) is 5.32 Å². The van der Waals surface area contributed by atoms with Crippen molar-refractivity contribution in [2.75, 3.05) is 5.32 Å². The number of anilines is 1. The average Bonchev–Trinajstić information content (AvgIpc) is 2.44. The van der Waals surface area contributed by atoms with Gasteiger partial charge in [-0.1, -0.05) is 11.6 Å². The van der Waals surface area contributed by atoms with E-state index in [1.54, 1.807) is 0 Å². The third kappa shape index (κ3) is 1.54. The highest BCUT2D eigenvalue weighted by atomic mass is 35.5. The zero-order valence-corrected chi connectivity index (χ0v) is 8.36. The number of rotatable bonds is 0. The summed E-state index contributed by atoms with van der Waals surface area (Å²) < 4.78 is 37.7. The van der Waals surface area contributed by atoms with Crippen LogP contribution in [0.2, 0.25) is 5.02 Å². The highest BCUT2D eigenvalue weighted by molar-refractivity contribution is 6.34. The molecular weight excluding hydrogens is 247 g/mol. The summed E-state index contributed by atoms with van der Waals surface area (Å²) in [6.45, 7) is 0. The van der Waals surface area contributed by atoms with Gasteiger partial charge in [0.05, 0.1) is 16.3 Å². The minimum Gasteiger partial charge on any atom is -0.378 e. The summed E-state index contributed by atoms with van der Waals surface area (Å²) in [7, 11) is 0. The average molecular weight is 252 g/mol. The SMILES string of the molecule is O=C1Nc2c(Cl)ccc(C(F)(F)F)c2C1O. The van der Waals surface area contributed by atoms with Gasteiger partial charge in [0, 0.05) is 5.56 Å². The monoisotopic (exact) mass is 251 g/mol. The second kappa shape index (κ2) is 3.36. The van der Waals surface area contributed by atoms with Crippen LogP contribution in [0.1, 0.15) is 17.2 Å². The highest BCUT2D eigenvalue weighted by Crippen LogP contribution is 2.44. The molecule has 2 N–H and O–H groups in total. The summed E-state index contributed by atoms with van der Waals surface area (Å²) in [5.74, 6) is -0.909. The van der Waals surface area contributed by atoms with Gasteiger partial charge in [0.1, 0.15) is 0 Å². The fourth-order valence-electron chi connectivity index (χ4n) is 1.57. The van der Waals surface area contributed by atoms with Crippen LogP contribution in [0, 0.1) is 0 Å². The fourth-order valence-corrected chi connectivity index (χ4v) is 1.79. The van der Waals surface area contributed by atoms with Gasteiger partial charge in [0.2, 0.25) is 0 Å². The largest absolute Gasteiger partial charge is 0.416 e. The van der Waals surface area contributed by atoms with Gasteiger partial charge in [-0.3, -0.25) is 4.79 Å². The molecule has 0 bridgehead atoms. The zero-order chi connectivity index (χ0) is 12.1. The van der Waals surface area contributed by atoms with Crippen LogP contribution in [0.5, 0.6) is 0 Å². The Morgan fingerprint density at radius 2 is 2.00 bits per heavy atom. The zero-order valence-electron chi connectivity index (χ0n) is 7.60. The molecular formula is C9H5ClF3NO2. The first-order valence-electron chi connectivity index (χ1n) is 4.21. The summed E-state index contributed by atoms with van der Waals surface area (Å²) in [4.78, 5) is 11.1. The number of hydrogen-bond acceptors (Lipinski definition) is 2. The van der Waals surface area contributed by atoms with Gasteiger partial charge < -0.3 is 10.4 Å². The summed E-state index contributed by atoms with van der Waals surface area (Å²) in [6, 6.07) is 1.77. The van der Waals surface area contributed by atoms with Crippen LogP contribution < -0.4 is 5.32 Å². The summed E-state index contributed by atoms with van der Waals surface area (Å²) in [5, 5.41) is 11.4. The standard InChI is InChI=1S/C9H5ClF3NO2/c10-4-2-1-3(9(11,12)13)5-6(4)14-8(16)7(5)15/h1-2,7,15H,(H,14,16). The quantitative estimate of drug-likeness (QED) is 0.744. The maximum absolute atomic E-state index is 12.6. The van der Waals surface area contributed by atoms with Gasteiger partial charge in [0.25, 0.3) is 5.91 Å². The van der Waals surface area contributed by atoms with Crippen molar-refractivity contribution in [3.63, 3.8) is 0 Å². The van der Waals surface area contributed by atoms with E-state index < -0.39 is 29.3 Å². The van der Waals surface area contributed by atoms with Crippen LogP contribution in [-0.2, 0) is 11.0 Å². The predicted octanol–water partition coefficient (Wildman–Crippen LogP) is 2.34. The molecule has 1 aliphatic heterocycles. The number of nitrogens with one attached hydrogen (secondary N) is 1. The smallest absolute Gasteiger partial charge is 0.378 e. The minimum absolute atomic E-state index is 0.0344. The molecule has 0 radical (unpaired) electrons. The molecule has 0 aliphatic carbocycles. The normalized spacial score (nSPS) is 19.6. The van der Waals surface area contributed by atoms with Gasteiger partial charge in [-0.05, 0) is 12.1 Å². The Labute approximate surface area is 92.8 Å². The number of amides is 1. The van der Waals surface area contributed by atoms with Crippen molar-refractivity contribution in [2.45, 2.75) is 12.3 Å². The molecule has 3 nitrogen and oxygen atoms in total. The lowest BCUT2D eigenvalue weighted by Gasteiger charge is -2.13. The van der Waals surface area contributed by atoms with E-state index in [1.165, 1.54) is 0 Å². The lowest BCUT2D eigenvalue weighted by Crippen LogP contribution is -2.14. The number of carbonyl (C=O) groups excluding carboxylic acids is 1. The van der Waals surface area contributed by atoms with E-state index >= 15 is 0 Å². The van der Waals surface area contributed by atoms with Crippen molar-refractivity contribution >= 4 is 23.2 Å². The molecule has 1 heterocycles. The highest BCUT2D eigenvalue weighted by Gasteiger charge is 2.42. The van der Waals surface area contributed by atoms with Crippen LogP contribution in [-0.4, -0.2) is 11.0 Å². The van der Waals surface area contributed by atoms with Gasteiger partial charge in [-0.2, -0.15) is 13.2 Å². The Hall–Kier alpha value is -1.27. The Morgan fingerprint density at radius 1 is 1.38 bits per heavy atom. The second-order valence-corrected chi connectivity index (χ2v) is 3.68. The predicted molar refractivity (Wildman–Crippen MR) is 50.0 cm³/mol. The second-order valence-electron chi connectivity index (χ2n) is 3.27. The lowest BCUT2D eigenvalue weighted by atomic mass is 10.0. The van der Waals surface area contributed by atoms with E-state index in [0.29, 0.717) is 0 Å². The van der Waals surface area contributed by atoms with Crippen molar-refractivity contribution in [1.29, 1.82) is 0 Å². The summed E-state index contributed by atoms with van der Waals surface area (Å²) >= 11 is 5.63. The van der Waals surface area contributed by atoms with E-state index in [0.717, 1.165) is 12.1 Å². The summed E-state index contributed by atoms with van der Waals surface area (Å²) in [6.07, 6.45) is -6.47. The molecule has 1 amide bonds. The Morgan fingerprint density at radius 3 is 2.56 bits per heavy atom. The number of hydrogen-bond donors (Lipinski definition) is 2. The molecule has 1 aromatic carbocycles.